The molecular formula is C13H13NO4S. The van der Waals surface area contributed by atoms with Gasteiger partial charge in [0.05, 0.1) is 17.7 Å². The van der Waals surface area contributed by atoms with Gasteiger partial charge in [-0.1, -0.05) is 18.2 Å². The zero-order chi connectivity index (χ0) is 13.9. The molecule has 2 rings (SSSR count). The molecule has 0 aliphatic heterocycles. The normalized spacial score (nSPS) is 11.0. The minimum absolute atomic E-state index is 0.0786. The van der Waals surface area contributed by atoms with Crippen LogP contribution in [-0.4, -0.2) is 20.6 Å². The molecule has 0 radical (unpaired) electrons. The third kappa shape index (κ3) is 3.17. The number of rotatable bonds is 4. The van der Waals surface area contributed by atoms with Crippen molar-refractivity contribution in [3.05, 3.63) is 48.5 Å². The van der Waals surface area contributed by atoms with Gasteiger partial charge in [-0.25, -0.2) is 8.42 Å². The molecule has 2 N–H and O–H groups in total. The minimum atomic E-state index is -3.67. The number of sulfonamides is 1. The van der Waals surface area contributed by atoms with Crippen LogP contribution >= 0.6 is 0 Å². The number of nitrogens with one attached hydrogen (secondary N) is 1. The van der Waals surface area contributed by atoms with Crippen molar-refractivity contribution >= 4 is 15.7 Å². The Morgan fingerprint density at radius 1 is 1.11 bits per heavy atom. The summed E-state index contributed by atoms with van der Waals surface area (Å²) in [6.07, 6.45) is 0. The third-order valence-corrected chi connectivity index (χ3v) is 3.83. The van der Waals surface area contributed by atoms with E-state index in [0.29, 0.717) is 5.75 Å². The van der Waals surface area contributed by atoms with Gasteiger partial charge in [0, 0.05) is 18.2 Å². The lowest BCUT2D eigenvalue weighted by molar-refractivity contribution is 0.408. The maximum Gasteiger partial charge on any atom is 0.261 e. The van der Waals surface area contributed by atoms with E-state index < -0.39 is 10.0 Å². The van der Waals surface area contributed by atoms with Crippen LogP contribution in [0.5, 0.6) is 11.5 Å². The predicted molar refractivity (Wildman–Crippen MR) is 71.9 cm³/mol. The van der Waals surface area contributed by atoms with E-state index in [1.165, 1.54) is 37.4 Å². The van der Waals surface area contributed by atoms with Crippen LogP contribution in [-0.2, 0) is 10.0 Å². The summed E-state index contributed by atoms with van der Waals surface area (Å²) >= 11 is 0. The second-order valence-electron chi connectivity index (χ2n) is 3.84. The summed E-state index contributed by atoms with van der Waals surface area (Å²) in [4.78, 5) is 0.150. The quantitative estimate of drug-likeness (QED) is 0.899. The Bertz CT molecular complexity index is 668. The van der Waals surface area contributed by atoms with Crippen molar-refractivity contribution in [2.45, 2.75) is 4.90 Å². The Labute approximate surface area is 111 Å². The van der Waals surface area contributed by atoms with Crippen molar-refractivity contribution < 1.29 is 18.3 Å². The lowest BCUT2D eigenvalue weighted by Crippen LogP contribution is -2.12. The van der Waals surface area contributed by atoms with Crippen LogP contribution in [0, 0.1) is 0 Å². The molecule has 0 saturated carbocycles. The molecule has 0 bridgehead atoms. The molecule has 19 heavy (non-hydrogen) atoms. The van der Waals surface area contributed by atoms with Gasteiger partial charge < -0.3 is 9.84 Å². The van der Waals surface area contributed by atoms with Crippen molar-refractivity contribution in [2.75, 3.05) is 11.8 Å². The fraction of sp³-hybridized carbons (Fsp3) is 0.0769. The molecular weight excluding hydrogens is 266 g/mol. The van der Waals surface area contributed by atoms with Crippen molar-refractivity contribution in [2.24, 2.45) is 0 Å². The second-order valence-corrected chi connectivity index (χ2v) is 5.52. The first-order chi connectivity index (χ1) is 9.01. The molecule has 0 aliphatic carbocycles. The van der Waals surface area contributed by atoms with Crippen LogP contribution < -0.4 is 9.46 Å². The van der Waals surface area contributed by atoms with Crippen molar-refractivity contribution in [1.29, 1.82) is 0 Å². The van der Waals surface area contributed by atoms with Gasteiger partial charge in [0.1, 0.15) is 11.5 Å². The van der Waals surface area contributed by atoms with Crippen molar-refractivity contribution in [3.8, 4) is 11.5 Å². The number of aromatic hydroxyl groups is 1. The number of phenolic OH excluding ortho intramolecular Hbond substituents is 1. The Morgan fingerprint density at radius 2 is 1.79 bits per heavy atom. The van der Waals surface area contributed by atoms with Crippen LogP contribution in [0.15, 0.2) is 53.4 Å². The average molecular weight is 279 g/mol. The van der Waals surface area contributed by atoms with Gasteiger partial charge >= 0.3 is 0 Å². The maximum absolute atomic E-state index is 12.1. The van der Waals surface area contributed by atoms with E-state index in [-0.39, 0.29) is 16.3 Å². The summed E-state index contributed by atoms with van der Waals surface area (Å²) in [5.74, 6) is 0.288. The van der Waals surface area contributed by atoms with Crippen LogP contribution in [0.1, 0.15) is 0 Å². The molecule has 2 aromatic rings. The minimum Gasteiger partial charge on any atom is -0.508 e. The fourth-order valence-electron chi connectivity index (χ4n) is 1.57. The zero-order valence-electron chi connectivity index (χ0n) is 10.2. The summed E-state index contributed by atoms with van der Waals surface area (Å²) in [6.45, 7) is 0. The SMILES string of the molecule is COc1cc(O)cc(NS(=O)(=O)c2ccccc2)c1. The molecule has 0 spiro atoms. The van der Waals surface area contributed by atoms with Crippen LogP contribution in [0.3, 0.4) is 0 Å². The molecule has 5 nitrogen and oxygen atoms in total. The second kappa shape index (κ2) is 5.19. The van der Waals surface area contributed by atoms with Gasteiger partial charge in [-0.05, 0) is 12.1 Å². The number of phenols is 1. The molecule has 0 amide bonds. The maximum atomic E-state index is 12.1. The number of benzene rings is 2. The number of ether oxygens (including phenoxy) is 1. The van der Waals surface area contributed by atoms with E-state index in [0.717, 1.165) is 0 Å². The molecule has 0 aromatic heterocycles. The Kier molecular flexibility index (Phi) is 3.62. The van der Waals surface area contributed by atoms with E-state index in [1.807, 2.05) is 0 Å². The number of methoxy groups -OCH3 is 1. The highest BCUT2D eigenvalue weighted by molar-refractivity contribution is 7.92. The molecule has 0 heterocycles. The smallest absolute Gasteiger partial charge is 0.261 e. The van der Waals surface area contributed by atoms with E-state index in [2.05, 4.69) is 4.72 Å². The van der Waals surface area contributed by atoms with Gasteiger partial charge in [0.15, 0.2) is 0 Å². The van der Waals surface area contributed by atoms with Crippen LogP contribution in [0.4, 0.5) is 5.69 Å². The lowest BCUT2D eigenvalue weighted by Gasteiger charge is -2.09. The van der Waals surface area contributed by atoms with Gasteiger partial charge in [0.25, 0.3) is 10.0 Å². The van der Waals surface area contributed by atoms with E-state index in [9.17, 15) is 13.5 Å². The lowest BCUT2D eigenvalue weighted by atomic mass is 10.3. The zero-order valence-corrected chi connectivity index (χ0v) is 11.0. The van der Waals surface area contributed by atoms with Crippen molar-refractivity contribution in [1.82, 2.24) is 0 Å². The molecule has 0 saturated heterocycles. The molecule has 6 heteroatoms. The highest BCUT2D eigenvalue weighted by atomic mass is 32.2. The highest BCUT2D eigenvalue weighted by Crippen LogP contribution is 2.26. The largest absolute Gasteiger partial charge is 0.508 e. The summed E-state index contributed by atoms with van der Waals surface area (Å²) in [5, 5.41) is 9.48. The molecule has 0 atom stereocenters. The van der Waals surface area contributed by atoms with Crippen LogP contribution in [0.25, 0.3) is 0 Å². The van der Waals surface area contributed by atoms with E-state index in [1.54, 1.807) is 18.2 Å². The van der Waals surface area contributed by atoms with Gasteiger partial charge in [-0.3, -0.25) is 4.72 Å². The van der Waals surface area contributed by atoms with Crippen molar-refractivity contribution in [3.63, 3.8) is 0 Å². The molecule has 100 valence electrons. The fourth-order valence-corrected chi connectivity index (χ4v) is 2.64. The highest BCUT2D eigenvalue weighted by Gasteiger charge is 2.14. The molecule has 0 unspecified atom stereocenters. The number of hydrogen-bond donors (Lipinski definition) is 2. The first-order valence-corrected chi connectivity index (χ1v) is 6.95. The summed E-state index contributed by atoms with van der Waals surface area (Å²) < 4.78 is 31.5. The Balaban J connectivity index is 2.33. The molecule has 0 fully saturated rings. The summed E-state index contributed by atoms with van der Waals surface area (Å²) in [7, 11) is -2.24. The monoisotopic (exact) mass is 279 g/mol. The number of anilines is 1. The molecule has 0 aliphatic rings. The summed E-state index contributed by atoms with van der Waals surface area (Å²) in [6, 6.07) is 12.2. The Morgan fingerprint density at radius 3 is 2.42 bits per heavy atom. The van der Waals surface area contributed by atoms with Gasteiger partial charge in [-0.2, -0.15) is 0 Å². The average Bonchev–Trinajstić information content (AvgIpc) is 2.38. The third-order valence-electron chi connectivity index (χ3n) is 2.43. The van der Waals surface area contributed by atoms with Gasteiger partial charge in [0.2, 0.25) is 0 Å². The first kappa shape index (κ1) is 13.2. The van der Waals surface area contributed by atoms with Crippen LogP contribution in [0.2, 0.25) is 0 Å². The first-order valence-electron chi connectivity index (χ1n) is 5.47. The van der Waals surface area contributed by atoms with Gasteiger partial charge in [-0.15, -0.1) is 0 Å². The van der Waals surface area contributed by atoms with E-state index in [4.69, 9.17) is 4.74 Å². The standard InChI is InChI=1S/C13H13NO4S/c1-18-12-8-10(7-11(15)9-12)14-19(16,17)13-5-3-2-4-6-13/h2-9,14-15H,1H3. The number of hydrogen-bond acceptors (Lipinski definition) is 4. The topological polar surface area (TPSA) is 75.6 Å². The summed E-state index contributed by atoms with van der Waals surface area (Å²) in [5.41, 5.74) is 0.237. The predicted octanol–water partition coefficient (Wildman–Crippen LogP) is 2.20. The Hall–Kier alpha value is -2.21. The molecule has 2 aromatic carbocycles. The van der Waals surface area contributed by atoms with E-state index >= 15 is 0 Å².